The molecule has 5 heteroatoms. The fraction of sp³-hybridized carbons (Fsp3) is 0.500. The Labute approximate surface area is 122 Å². The zero-order chi connectivity index (χ0) is 14.4. The van der Waals surface area contributed by atoms with Gasteiger partial charge in [0, 0.05) is 6.54 Å². The third-order valence-electron chi connectivity index (χ3n) is 2.75. The van der Waals surface area contributed by atoms with Gasteiger partial charge in [-0.3, -0.25) is 4.79 Å². The summed E-state index contributed by atoms with van der Waals surface area (Å²) in [7, 11) is 0. The van der Waals surface area contributed by atoms with Gasteiger partial charge in [-0.25, -0.2) is 0 Å². The quantitative estimate of drug-likeness (QED) is 0.807. The van der Waals surface area contributed by atoms with Gasteiger partial charge in [-0.15, -0.1) is 0 Å². The first-order valence-electron chi connectivity index (χ1n) is 6.33. The van der Waals surface area contributed by atoms with Gasteiger partial charge in [0.1, 0.15) is 11.8 Å². The molecule has 0 fully saturated rings. The van der Waals surface area contributed by atoms with Crippen molar-refractivity contribution in [2.24, 2.45) is 5.92 Å². The van der Waals surface area contributed by atoms with Gasteiger partial charge in [0.05, 0.1) is 11.1 Å². The van der Waals surface area contributed by atoms with E-state index in [2.05, 4.69) is 21.2 Å². The summed E-state index contributed by atoms with van der Waals surface area (Å²) >= 11 is 3.44. The number of carboxylic acids is 1. The number of benzene rings is 1. The standard InChI is InChI=1S/C14H20BrNO3/c1-4-19-12-6-5-10(7-11(12)15)8-16-13(9(2)3)14(17)18/h5-7,9,13,16H,4,8H2,1-3H3,(H,17,18). The summed E-state index contributed by atoms with van der Waals surface area (Å²) in [5.74, 6) is 0.0218. The van der Waals surface area contributed by atoms with Crippen LogP contribution in [0.3, 0.4) is 0 Å². The van der Waals surface area contributed by atoms with E-state index < -0.39 is 12.0 Å². The van der Waals surface area contributed by atoms with Crippen LogP contribution in [0.4, 0.5) is 0 Å². The Morgan fingerprint density at radius 2 is 2.16 bits per heavy atom. The fourth-order valence-corrected chi connectivity index (χ4v) is 2.30. The van der Waals surface area contributed by atoms with Gasteiger partial charge in [0.15, 0.2) is 0 Å². The molecule has 0 heterocycles. The Kier molecular flexibility index (Phi) is 6.31. The first-order chi connectivity index (χ1) is 8.95. The van der Waals surface area contributed by atoms with Crippen LogP contribution in [0, 0.1) is 5.92 Å². The van der Waals surface area contributed by atoms with Crippen molar-refractivity contribution in [1.29, 1.82) is 0 Å². The molecular weight excluding hydrogens is 310 g/mol. The van der Waals surface area contributed by atoms with Crippen molar-refractivity contribution in [3.63, 3.8) is 0 Å². The maximum absolute atomic E-state index is 11.1. The SMILES string of the molecule is CCOc1ccc(CNC(C(=O)O)C(C)C)cc1Br. The molecule has 106 valence electrons. The normalized spacial score (nSPS) is 12.5. The minimum atomic E-state index is -0.819. The zero-order valence-corrected chi connectivity index (χ0v) is 13.0. The number of ether oxygens (including phenoxy) is 1. The number of carboxylic acid groups (broad SMARTS) is 1. The van der Waals surface area contributed by atoms with Crippen LogP contribution in [-0.2, 0) is 11.3 Å². The maximum Gasteiger partial charge on any atom is 0.320 e. The zero-order valence-electron chi connectivity index (χ0n) is 11.4. The summed E-state index contributed by atoms with van der Waals surface area (Å²) in [4.78, 5) is 11.1. The molecule has 0 aliphatic heterocycles. The maximum atomic E-state index is 11.1. The molecule has 0 aliphatic rings. The van der Waals surface area contributed by atoms with Gasteiger partial charge in [-0.2, -0.15) is 0 Å². The second kappa shape index (κ2) is 7.50. The average molecular weight is 330 g/mol. The molecule has 0 saturated heterocycles. The van der Waals surface area contributed by atoms with Gasteiger partial charge >= 0.3 is 5.97 Å². The van der Waals surface area contributed by atoms with Crippen LogP contribution in [-0.4, -0.2) is 23.7 Å². The van der Waals surface area contributed by atoms with Crippen LogP contribution < -0.4 is 10.1 Å². The van der Waals surface area contributed by atoms with Crippen LogP contribution in [0.1, 0.15) is 26.3 Å². The van der Waals surface area contributed by atoms with E-state index in [1.807, 2.05) is 39.0 Å². The molecule has 0 spiro atoms. The Morgan fingerprint density at radius 3 is 2.63 bits per heavy atom. The molecule has 0 saturated carbocycles. The average Bonchev–Trinajstić information content (AvgIpc) is 2.32. The lowest BCUT2D eigenvalue weighted by Gasteiger charge is -2.18. The number of rotatable bonds is 7. The predicted molar refractivity (Wildman–Crippen MR) is 78.4 cm³/mol. The van der Waals surface area contributed by atoms with Crippen LogP contribution in [0.5, 0.6) is 5.75 Å². The van der Waals surface area contributed by atoms with E-state index in [0.717, 1.165) is 15.8 Å². The van der Waals surface area contributed by atoms with E-state index >= 15 is 0 Å². The molecule has 0 aromatic heterocycles. The van der Waals surface area contributed by atoms with Crippen LogP contribution in [0.2, 0.25) is 0 Å². The summed E-state index contributed by atoms with van der Waals surface area (Å²) in [5.41, 5.74) is 1.02. The van der Waals surface area contributed by atoms with Gasteiger partial charge < -0.3 is 15.2 Å². The lowest BCUT2D eigenvalue weighted by Crippen LogP contribution is -2.40. The lowest BCUT2D eigenvalue weighted by molar-refractivity contribution is -0.140. The summed E-state index contributed by atoms with van der Waals surface area (Å²) in [5, 5.41) is 12.2. The van der Waals surface area contributed by atoms with Crippen molar-refractivity contribution >= 4 is 21.9 Å². The summed E-state index contributed by atoms with van der Waals surface area (Å²) in [6.45, 7) is 6.84. The van der Waals surface area contributed by atoms with E-state index in [9.17, 15) is 4.79 Å². The molecule has 0 aliphatic carbocycles. The molecule has 1 aromatic rings. The minimum absolute atomic E-state index is 0.0450. The van der Waals surface area contributed by atoms with Crippen molar-refractivity contribution < 1.29 is 14.6 Å². The molecule has 19 heavy (non-hydrogen) atoms. The minimum Gasteiger partial charge on any atom is -0.493 e. The largest absolute Gasteiger partial charge is 0.493 e. The van der Waals surface area contributed by atoms with Crippen LogP contribution in [0.25, 0.3) is 0 Å². The first-order valence-corrected chi connectivity index (χ1v) is 7.12. The highest BCUT2D eigenvalue weighted by Gasteiger charge is 2.20. The molecule has 1 rings (SSSR count). The van der Waals surface area contributed by atoms with E-state index in [4.69, 9.17) is 9.84 Å². The molecule has 1 aromatic carbocycles. The third kappa shape index (κ3) is 4.84. The van der Waals surface area contributed by atoms with E-state index in [1.165, 1.54) is 0 Å². The highest BCUT2D eigenvalue weighted by Crippen LogP contribution is 2.26. The number of halogens is 1. The molecule has 1 atom stereocenters. The molecule has 4 nitrogen and oxygen atoms in total. The van der Waals surface area contributed by atoms with Crippen LogP contribution >= 0.6 is 15.9 Å². The summed E-state index contributed by atoms with van der Waals surface area (Å²) < 4.78 is 6.31. The van der Waals surface area contributed by atoms with Crippen molar-refractivity contribution in [2.45, 2.75) is 33.4 Å². The van der Waals surface area contributed by atoms with Crippen molar-refractivity contribution in [3.05, 3.63) is 28.2 Å². The Hall–Kier alpha value is -1.07. The number of aliphatic carboxylic acids is 1. The molecule has 0 bridgehead atoms. The number of nitrogens with one attached hydrogen (secondary N) is 1. The molecule has 0 amide bonds. The number of carbonyl (C=O) groups is 1. The lowest BCUT2D eigenvalue weighted by atomic mass is 10.0. The van der Waals surface area contributed by atoms with Crippen molar-refractivity contribution in [2.75, 3.05) is 6.61 Å². The van der Waals surface area contributed by atoms with Gasteiger partial charge in [-0.1, -0.05) is 19.9 Å². The predicted octanol–water partition coefficient (Wildman–Crippen LogP) is 3.05. The third-order valence-corrected chi connectivity index (χ3v) is 3.37. The Balaban J connectivity index is 2.67. The highest BCUT2D eigenvalue weighted by atomic mass is 79.9. The number of hydrogen-bond acceptors (Lipinski definition) is 3. The topological polar surface area (TPSA) is 58.6 Å². The molecule has 0 radical (unpaired) electrons. The van der Waals surface area contributed by atoms with Gasteiger partial charge in [0.2, 0.25) is 0 Å². The van der Waals surface area contributed by atoms with E-state index in [0.29, 0.717) is 13.2 Å². The van der Waals surface area contributed by atoms with Crippen molar-refractivity contribution in [1.82, 2.24) is 5.32 Å². The summed E-state index contributed by atoms with van der Waals surface area (Å²) in [6, 6.07) is 5.22. The highest BCUT2D eigenvalue weighted by molar-refractivity contribution is 9.10. The fourth-order valence-electron chi connectivity index (χ4n) is 1.76. The first kappa shape index (κ1) is 16.0. The molecule has 1 unspecified atom stereocenters. The second-order valence-electron chi connectivity index (χ2n) is 4.64. The van der Waals surface area contributed by atoms with E-state index in [-0.39, 0.29) is 5.92 Å². The Morgan fingerprint density at radius 1 is 1.47 bits per heavy atom. The monoisotopic (exact) mass is 329 g/mol. The Bertz CT molecular complexity index is 435. The number of hydrogen-bond donors (Lipinski definition) is 2. The second-order valence-corrected chi connectivity index (χ2v) is 5.49. The molecular formula is C14H20BrNO3. The smallest absolute Gasteiger partial charge is 0.320 e. The van der Waals surface area contributed by atoms with Crippen molar-refractivity contribution in [3.8, 4) is 5.75 Å². The summed E-state index contributed by atoms with van der Waals surface area (Å²) in [6.07, 6.45) is 0. The van der Waals surface area contributed by atoms with Crippen LogP contribution in [0.15, 0.2) is 22.7 Å². The van der Waals surface area contributed by atoms with Gasteiger partial charge in [-0.05, 0) is 46.5 Å². The van der Waals surface area contributed by atoms with Gasteiger partial charge in [0.25, 0.3) is 0 Å². The molecule has 2 N–H and O–H groups in total. The van der Waals surface area contributed by atoms with E-state index in [1.54, 1.807) is 0 Å².